The molecule has 2 atom stereocenters. The molecule has 1 N–H and O–H groups in total. The van der Waals surface area contributed by atoms with Crippen molar-refractivity contribution in [3.8, 4) is 0 Å². The maximum Gasteiger partial charge on any atom is 0.416 e. The normalized spacial score (nSPS) is 15.4. The first kappa shape index (κ1) is 17.0. The molecule has 0 radical (unpaired) electrons. The van der Waals surface area contributed by atoms with E-state index in [9.17, 15) is 13.2 Å². The molecule has 1 nitrogen and oxygen atoms in total. The summed E-state index contributed by atoms with van der Waals surface area (Å²) in [4.78, 5) is 0. The van der Waals surface area contributed by atoms with Gasteiger partial charge in [0, 0.05) is 6.04 Å². The lowest BCUT2D eigenvalue weighted by atomic mass is 9.83. The summed E-state index contributed by atoms with van der Waals surface area (Å²) in [7, 11) is 0. The summed E-state index contributed by atoms with van der Waals surface area (Å²) < 4.78 is 38.2. The van der Waals surface area contributed by atoms with Crippen LogP contribution in [0.5, 0.6) is 0 Å². The third kappa shape index (κ3) is 4.82. The van der Waals surface area contributed by atoms with E-state index in [1.807, 2.05) is 6.92 Å². The van der Waals surface area contributed by atoms with E-state index in [2.05, 4.69) is 26.1 Å². The van der Waals surface area contributed by atoms with Crippen LogP contribution in [-0.2, 0) is 12.6 Å². The number of benzene rings is 1. The highest BCUT2D eigenvalue weighted by molar-refractivity contribution is 5.26. The van der Waals surface area contributed by atoms with Crippen molar-refractivity contribution in [1.82, 2.24) is 5.32 Å². The van der Waals surface area contributed by atoms with E-state index < -0.39 is 11.7 Å². The molecule has 0 fully saturated rings. The molecule has 0 bridgehead atoms. The second kappa shape index (κ2) is 7.11. The molecule has 0 saturated heterocycles. The average Bonchev–Trinajstić information content (AvgIpc) is 2.35. The Morgan fingerprint density at radius 2 is 1.80 bits per heavy atom. The summed E-state index contributed by atoms with van der Waals surface area (Å²) >= 11 is 0. The highest BCUT2D eigenvalue weighted by Crippen LogP contribution is 2.30. The van der Waals surface area contributed by atoms with Gasteiger partial charge in [-0.3, -0.25) is 0 Å². The molecule has 0 aliphatic rings. The van der Waals surface area contributed by atoms with Gasteiger partial charge in [0.15, 0.2) is 0 Å². The Balaban J connectivity index is 2.89. The number of hydrogen-bond acceptors (Lipinski definition) is 1. The third-order valence-corrected chi connectivity index (χ3v) is 3.75. The van der Waals surface area contributed by atoms with Crippen LogP contribution in [0.15, 0.2) is 24.3 Å². The Bertz CT molecular complexity index is 412. The van der Waals surface area contributed by atoms with Crippen LogP contribution in [-0.4, -0.2) is 12.6 Å². The van der Waals surface area contributed by atoms with Gasteiger partial charge in [-0.25, -0.2) is 0 Å². The Kier molecular flexibility index (Phi) is 6.06. The van der Waals surface area contributed by atoms with Crippen molar-refractivity contribution >= 4 is 0 Å². The zero-order valence-corrected chi connectivity index (χ0v) is 12.6. The first-order valence-corrected chi connectivity index (χ1v) is 7.15. The summed E-state index contributed by atoms with van der Waals surface area (Å²) in [6, 6.07) is 5.96. The third-order valence-electron chi connectivity index (χ3n) is 3.75. The van der Waals surface area contributed by atoms with Crippen LogP contribution in [0, 0.1) is 11.8 Å². The second-order valence-corrected chi connectivity index (χ2v) is 5.66. The van der Waals surface area contributed by atoms with Crippen LogP contribution in [0.2, 0.25) is 0 Å². The molecule has 0 heterocycles. The predicted molar refractivity (Wildman–Crippen MR) is 76.6 cm³/mol. The van der Waals surface area contributed by atoms with Gasteiger partial charge in [0.05, 0.1) is 5.56 Å². The molecule has 20 heavy (non-hydrogen) atoms. The lowest BCUT2D eigenvalue weighted by Gasteiger charge is -2.28. The summed E-state index contributed by atoms with van der Waals surface area (Å²) in [5, 5.41) is 3.37. The van der Waals surface area contributed by atoms with E-state index >= 15 is 0 Å². The van der Waals surface area contributed by atoms with Gasteiger partial charge < -0.3 is 5.32 Å². The molecule has 0 amide bonds. The van der Waals surface area contributed by atoms with E-state index in [4.69, 9.17) is 0 Å². The van der Waals surface area contributed by atoms with E-state index in [1.165, 1.54) is 12.1 Å². The molecular formula is C16H24F3N. The van der Waals surface area contributed by atoms with Crippen LogP contribution in [0.1, 0.15) is 38.8 Å². The summed E-state index contributed by atoms with van der Waals surface area (Å²) in [5.41, 5.74) is 0.192. The Morgan fingerprint density at radius 1 is 1.15 bits per heavy atom. The molecular weight excluding hydrogens is 263 g/mol. The average molecular weight is 287 g/mol. The largest absolute Gasteiger partial charge is 0.416 e. The number of halogens is 3. The predicted octanol–water partition coefficient (Wildman–Crippen LogP) is 4.52. The molecule has 0 aromatic heterocycles. The van der Waals surface area contributed by atoms with Crippen molar-refractivity contribution in [2.24, 2.45) is 11.8 Å². The fourth-order valence-electron chi connectivity index (χ4n) is 2.61. The molecule has 2 unspecified atom stereocenters. The first-order chi connectivity index (χ1) is 9.25. The van der Waals surface area contributed by atoms with Crippen LogP contribution in [0.25, 0.3) is 0 Å². The summed E-state index contributed by atoms with van der Waals surface area (Å²) in [6.45, 7) is 9.24. The van der Waals surface area contributed by atoms with Gasteiger partial charge in [0.1, 0.15) is 0 Å². The number of nitrogens with one attached hydrogen (secondary N) is 1. The molecule has 114 valence electrons. The Labute approximate surface area is 119 Å². The quantitative estimate of drug-likeness (QED) is 0.811. The number of alkyl halides is 3. The first-order valence-electron chi connectivity index (χ1n) is 7.15. The maximum atomic E-state index is 12.7. The fourth-order valence-corrected chi connectivity index (χ4v) is 2.61. The van der Waals surface area contributed by atoms with E-state index in [0.717, 1.165) is 18.2 Å². The van der Waals surface area contributed by atoms with Crippen LogP contribution < -0.4 is 5.32 Å². The van der Waals surface area contributed by atoms with Crippen LogP contribution in [0.4, 0.5) is 13.2 Å². The smallest absolute Gasteiger partial charge is 0.314 e. The summed E-state index contributed by atoms with van der Waals surface area (Å²) in [5.74, 6) is 0.733. The number of rotatable bonds is 6. The minimum Gasteiger partial charge on any atom is -0.314 e. The van der Waals surface area contributed by atoms with Gasteiger partial charge in [0.2, 0.25) is 0 Å². The van der Waals surface area contributed by atoms with Gasteiger partial charge in [-0.2, -0.15) is 13.2 Å². The highest BCUT2D eigenvalue weighted by atomic mass is 19.4. The van der Waals surface area contributed by atoms with Gasteiger partial charge in [-0.15, -0.1) is 0 Å². The number of hydrogen-bond donors (Lipinski definition) is 1. The van der Waals surface area contributed by atoms with E-state index in [0.29, 0.717) is 18.3 Å². The van der Waals surface area contributed by atoms with Crippen molar-refractivity contribution < 1.29 is 13.2 Å². The van der Waals surface area contributed by atoms with Gasteiger partial charge in [-0.05, 0) is 43.4 Å². The lowest BCUT2D eigenvalue weighted by molar-refractivity contribution is -0.137. The lowest BCUT2D eigenvalue weighted by Crippen LogP contribution is -2.37. The second-order valence-electron chi connectivity index (χ2n) is 5.66. The van der Waals surface area contributed by atoms with Gasteiger partial charge in [-0.1, -0.05) is 39.0 Å². The molecule has 0 aliphatic heterocycles. The van der Waals surface area contributed by atoms with Crippen molar-refractivity contribution in [3.05, 3.63) is 35.4 Å². The molecule has 1 rings (SSSR count). The highest BCUT2D eigenvalue weighted by Gasteiger charge is 2.30. The molecule has 4 heteroatoms. The van der Waals surface area contributed by atoms with Crippen molar-refractivity contribution in [1.29, 1.82) is 0 Å². The molecule has 1 aromatic rings. The van der Waals surface area contributed by atoms with Gasteiger partial charge >= 0.3 is 6.18 Å². The van der Waals surface area contributed by atoms with Crippen molar-refractivity contribution in [3.63, 3.8) is 0 Å². The van der Waals surface area contributed by atoms with Crippen molar-refractivity contribution in [2.45, 2.75) is 46.3 Å². The standard InChI is InChI=1S/C16H24F3N/c1-5-20-12(4)15(11(2)3)10-13-7-6-8-14(9-13)16(17,18)19/h6-9,11-12,15,20H,5,10H2,1-4H3. The van der Waals surface area contributed by atoms with Crippen LogP contribution in [0.3, 0.4) is 0 Å². The Hall–Kier alpha value is -1.03. The molecule has 0 spiro atoms. The maximum absolute atomic E-state index is 12.7. The zero-order valence-electron chi connectivity index (χ0n) is 12.6. The Morgan fingerprint density at radius 3 is 2.30 bits per heavy atom. The topological polar surface area (TPSA) is 12.0 Å². The van der Waals surface area contributed by atoms with Crippen LogP contribution >= 0.6 is 0 Å². The zero-order chi connectivity index (χ0) is 15.3. The molecule has 0 aliphatic carbocycles. The minimum absolute atomic E-state index is 0.287. The SMILES string of the molecule is CCNC(C)C(Cc1cccc(C(F)(F)F)c1)C(C)C. The molecule has 0 saturated carbocycles. The van der Waals surface area contributed by atoms with Gasteiger partial charge in [0.25, 0.3) is 0 Å². The minimum atomic E-state index is -4.27. The van der Waals surface area contributed by atoms with E-state index in [-0.39, 0.29) is 6.04 Å². The summed E-state index contributed by atoms with van der Waals surface area (Å²) in [6.07, 6.45) is -3.60. The fraction of sp³-hybridized carbons (Fsp3) is 0.625. The van der Waals surface area contributed by atoms with E-state index in [1.54, 1.807) is 6.07 Å². The van der Waals surface area contributed by atoms with Crippen molar-refractivity contribution in [2.75, 3.05) is 6.54 Å². The molecule has 1 aromatic carbocycles. The monoisotopic (exact) mass is 287 g/mol.